The maximum atomic E-state index is 5.16. The summed E-state index contributed by atoms with van der Waals surface area (Å²) in [4.78, 5) is 10.3. The van der Waals surface area contributed by atoms with Crippen molar-refractivity contribution in [2.75, 3.05) is 0 Å². The van der Waals surface area contributed by atoms with Gasteiger partial charge in [-0.05, 0) is 75.5 Å². The van der Waals surface area contributed by atoms with Crippen LogP contribution in [0.25, 0.3) is 87.5 Å². The zero-order valence-corrected chi connectivity index (χ0v) is 31.3. The monoisotopic (exact) mass is 722 g/mol. The second-order valence-electron chi connectivity index (χ2n) is 15.2. The molecule has 7 aromatic carbocycles. The molecule has 0 N–H and O–H groups in total. The lowest BCUT2D eigenvalue weighted by Crippen LogP contribution is -2.27. The number of nitrogens with zero attached hydrogens (tertiary/aromatic N) is 2. The first-order chi connectivity index (χ1) is 27.2. The van der Waals surface area contributed by atoms with E-state index < -0.39 is 0 Å². The third-order valence-corrected chi connectivity index (χ3v) is 13.2. The molecule has 9 aromatic rings. The van der Waals surface area contributed by atoms with Crippen molar-refractivity contribution in [2.45, 2.75) is 37.5 Å². The number of hydrogen-bond donors (Lipinski definition) is 0. The van der Waals surface area contributed by atoms with E-state index in [-0.39, 0.29) is 5.41 Å². The summed E-state index contributed by atoms with van der Waals surface area (Å²) in [6.45, 7) is 0. The number of benzene rings is 7. The van der Waals surface area contributed by atoms with Crippen molar-refractivity contribution in [3.63, 3.8) is 0 Å². The molecule has 0 bridgehead atoms. The minimum atomic E-state index is 0.158. The molecule has 2 nitrogen and oxygen atoms in total. The Bertz CT molecular complexity index is 2880. The van der Waals surface area contributed by atoms with Gasteiger partial charge in [0.05, 0.1) is 11.4 Å². The van der Waals surface area contributed by atoms with E-state index in [1.54, 1.807) is 11.1 Å². The van der Waals surface area contributed by atoms with Crippen LogP contribution in [0.15, 0.2) is 170 Å². The van der Waals surface area contributed by atoms with Gasteiger partial charge in [-0.3, -0.25) is 0 Å². The lowest BCUT2D eigenvalue weighted by molar-refractivity contribution is 0.353. The van der Waals surface area contributed by atoms with E-state index in [0.29, 0.717) is 0 Å². The van der Waals surface area contributed by atoms with E-state index in [0.717, 1.165) is 33.9 Å². The second-order valence-corrected chi connectivity index (χ2v) is 16.3. The highest BCUT2D eigenvalue weighted by atomic mass is 32.1. The zero-order valence-electron chi connectivity index (χ0n) is 30.5. The summed E-state index contributed by atoms with van der Waals surface area (Å²) in [6.07, 6.45) is 6.45. The van der Waals surface area contributed by atoms with Crippen molar-refractivity contribution in [3.05, 3.63) is 181 Å². The molecule has 2 aliphatic rings. The van der Waals surface area contributed by atoms with Crippen molar-refractivity contribution >= 4 is 31.5 Å². The second kappa shape index (κ2) is 13.0. The quantitative estimate of drug-likeness (QED) is 0.177. The lowest BCUT2D eigenvalue weighted by Gasteiger charge is -2.36. The van der Waals surface area contributed by atoms with Gasteiger partial charge in [-0.15, -0.1) is 11.3 Å². The van der Waals surface area contributed by atoms with E-state index in [9.17, 15) is 0 Å². The summed E-state index contributed by atoms with van der Waals surface area (Å²) in [5.41, 5.74) is 16.2. The van der Waals surface area contributed by atoms with E-state index in [1.165, 1.54) is 85.7 Å². The number of rotatable bonds is 5. The van der Waals surface area contributed by atoms with Crippen LogP contribution < -0.4 is 0 Å². The number of fused-ring (bicyclic) bond motifs is 8. The molecule has 0 saturated heterocycles. The molecule has 1 spiro atoms. The Labute approximate surface area is 325 Å². The average Bonchev–Trinajstić information content (AvgIpc) is 3.76. The number of aromatic nitrogens is 2. The zero-order chi connectivity index (χ0) is 36.3. The highest BCUT2D eigenvalue weighted by Gasteiger charge is 2.44. The van der Waals surface area contributed by atoms with Crippen LogP contribution in [0.2, 0.25) is 0 Å². The Kier molecular flexibility index (Phi) is 7.63. The standard InChI is InChI=1S/C52H38N2S/c1-4-13-34(14-5-1)35-21-23-36(24-22-35)46-33-47(54-51(53-46)37-15-6-2-7-16-37)39-26-28-42-41-27-25-38(31-48(41)55-49(42)32-39)40-18-12-20-45-50(40)43-17-8-9-19-44(43)52(45)29-10-3-11-30-52/h1-2,4-9,12-28,31-33H,3,10-11,29-30H2. The van der Waals surface area contributed by atoms with Crippen LogP contribution in [0, 0.1) is 0 Å². The molecule has 0 aliphatic heterocycles. The average molecular weight is 723 g/mol. The molecule has 2 heterocycles. The van der Waals surface area contributed by atoms with Gasteiger partial charge in [-0.2, -0.15) is 0 Å². The fraction of sp³-hybridized carbons (Fsp3) is 0.115. The van der Waals surface area contributed by atoms with Gasteiger partial charge < -0.3 is 0 Å². The topological polar surface area (TPSA) is 25.8 Å². The summed E-state index contributed by atoms with van der Waals surface area (Å²) < 4.78 is 2.58. The third-order valence-electron chi connectivity index (χ3n) is 12.1. The normalized spacial score (nSPS) is 14.3. The molecule has 2 aromatic heterocycles. The van der Waals surface area contributed by atoms with E-state index in [2.05, 4.69) is 152 Å². The summed E-state index contributed by atoms with van der Waals surface area (Å²) in [5.74, 6) is 0.730. The molecule has 3 heteroatoms. The molecule has 1 saturated carbocycles. The highest BCUT2D eigenvalue weighted by Crippen LogP contribution is 2.58. The molecule has 0 unspecified atom stereocenters. The van der Waals surface area contributed by atoms with Crippen LogP contribution in [0.1, 0.15) is 43.2 Å². The Morgan fingerprint density at radius 1 is 0.400 bits per heavy atom. The SMILES string of the molecule is c1ccc(-c2ccc(-c3cc(-c4ccc5c(c4)sc4cc(-c6cccc7c6-c6ccccc6C76CCCCC6)ccc45)nc(-c4ccccc4)n3)cc2)cc1. The van der Waals surface area contributed by atoms with Gasteiger partial charge in [-0.1, -0.05) is 171 Å². The van der Waals surface area contributed by atoms with Crippen LogP contribution in [0.3, 0.4) is 0 Å². The van der Waals surface area contributed by atoms with Gasteiger partial charge in [0.2, 0.25) is 0 Å². The Balaban J connectivity index is 0.999. The number of thiophene rings is 1. The molecule has 55 heavy (non-hydrogen) atoms. The van der Waals surface area contributed by atoms with E-state index >= 15 is 0 Å². The summed E-state index contributed by atoms with van der Waals surface area (Å²) in [7, 11) is 0. The molecule has 0 atom stereocenters. The first kappa shape index (κ1) is 32.3. The van der Waals surface area contributed by atoms with Crippen molar-refractivity contribution in [2.24, 2.45) is 0 Å². The van der Waals surface area contributed by atoms with E-state index in [4.69, 9.17) is 9.97 Å². The highest BCUT2D eigenvalue weighted by molar-refractivity contribution is 7.25. The minimum absolute atomic E-state index is 0.158. The first-order valence-electron chi connectivity index (χ1n) is 19.5. The Hall–Kier alpha value is -6.16. The van der Waals surface area contributed by atoms with Crippen LogP contribution >= 0.6 is 11.3 Å². The van der Waals surface area contributed by atoms with Crippen molar-refractivity contribution < 1.29 is 0 Å². The Morgan fingerprint density at radius 2 is 0.945 bits per heavy atom. The Morgan fingerprint density at radius 3 is 1.69 bits per heavy atom. The molecular weight excluding hydrogens is 685 g/mol. The largest absolute Gasteiger partial charge is 0.228 e. The summed E-state index contributed by atoms with van der Waals surface area (Å²) >= 11 is 1.88. The third kappa shape index (κ3) is 5.37. The van der Waals surface area contributed by atoms with Crippen molar-refractivity contribution in [1.29, 1.82) is 0 Å². The van der Waals surface area contributed by atoms with Gasteiger partial charge in [-0.25, -0.2) is 9.97 Å². The molecule has 1 fully saturated rings. The summed E-state index contributed by atoms with van der Waals surface area (Å²) in [5, 5.41) is 2.59. The fourth-order valence-electron chi connectivity index (χ4n) is 9.47. The van der Waals surface area contributed by atoms with Gasteiger partial charge in [0.15, 0.2) is 5.82 Å². The van der Waals surface area contributed by atoms with Gasteiger partial charge >= 0.3 is 0 Å². The predicted molar refractivity (Wildman–Crippen MR) is 231 cm³/mol. The van der Waals surface area contributed by atoms with Crippen molar-refractivity contribution in [3.8, 4) is 67.3 Å². The molecule has 11 rings (SSSR count). The maximum absolute atomic E-state index is 5.16. The molecular formula is C52H38N2S. The van der Waals surface area contributed by atoms with Crippen LogP contribution in [0.4, 0.5) is 0 Å². The smallest absolute Gasteiger partial charge is 0.160 e. The maximum Gasteiger partial charge on any atom is 0.160 e. The molecule has 262 valence electrons. The van der Waals surface area contributed by atoms with E-state index in [1.807, 2.05) is 29.5 Å². The van der Waals surface area contributed by atoms with Crippen LogP contribution in [0.5, 0.6) is 0 Å². The van der Waals surface area contributed by atoms with Gasteiger partial charge in [0.25, 0.3) is 0 Å². The number of hydrogen-bond acceptors (Lipinski definition) is 3. The predicted octanol–water partition coefficient (Wildman–Crippen LogP) is 14.4. The summed E-state index contributed by atoms with van der Waals surface area (Å²) in [6, 6.07) is 61.9. The molecule has 2 aliphatic carbocycles. The minimum Gasteiger partial charge on any atom is -0.228 e. The van der Waals surface area contributed by atoms with Gasteiger partial charge in [0.1, 0.15) is 0 Å². The lowest BCUT2D eigenvalue weighted by atomic mass is 9.68. The molecule has 0 amide bonds. The van der Waals surface area contributed by atoms with Crippen LogP contribution in [-0.2, 0) is 5.41 Å². The fourth-order valence-corrected chi connectivity index (χ4v) is 10.7. The van der Waals surface area contributed by atoms with Crippen LogP contribution in [-0.4, -0.2) is 9.97 Å². The first-order valence-corrected chi connectivity index (χ1v) is 20.3. The molecule has 0 radical (unpaired) electrons. The van der Waals surface area contributed by atoms with Gasteiger partial charge in [0, 0.05) is 42.3 Å². The van der Waals surface area contributed by atoms with Crippen molar-refractivity contribution in [1.82, 2.24) is 9.97 Å².